The van der Waals surface area contributed by atoms with Crippen LogP contribution in [0.3, 0.4) is 0 Å². The molecule has 0 aromatic heterocycles. The molecule has 1 aromatic carbocycles. The molecule has 0 saturated heterocycles. The topological polar surface area (TPSA) is 127 Å². The van der Waals surface area contributed by atoms with Crippen molar-refractivity contribution in [2.24, 2.45) is 0 Å². The number of methoxy groups -OCH3 is 2. The number of carboxylic acids is 2. The highest BCUT2D eigenvalue weighted by molar-refractivity contribution is 5.95. The summed E-state index contributed by atoms with van der Waals surface area (Å²) in [6, 6.07) is 6.16. The molecule has 0 aliphatic rings. The molecule has 0 radical (unpaired) electrons. The summed E-state index contributed by atoms with van der Waals surface area (Å²) >= 11 is 0. The second-order valence-corrected chi connectivity index (χ2v) is 4.20. The lowest BCUT2D eigenvalue weighted by Crippen LogP contribution is -2.05. The normalized spacial score (nSPS) is 9.13. The summed E-state index contributed by atoms with van der Waals surface area (Å²) in [5.41, 5.74) is 0.658. The molecule has 0 aliphatic heterocycles. The van der Waals surface area contributed by atoms with E-state index in [-0.39, 0.29) is 19.3 Å². The minimum atomic E-state index is -0.948. The van der Waals surface area contributed by atoms with Crippen LogP contribution < -0.4 is 0 Å². The third-order valence-electron chi connectivity index (χ3n) is 2.49. The fraction of sp³-hybridized carbons (Fsp3) is 0.333. The average molecular weight is 326 g/mol. The van der Waals surface area contributed by atoms with E-state index in [4.69, 9.17) is 10.2 Å². The lowest BCUT2D eigenvalue weighted by molar-refractivity contribution is -0.138. The first-order valence-electron chi connectivity index (χ1n) is 6.52. The highest BCUT2D eigenvalue weighted by Crippen LogP contribution is 2.07. The number of carbonyl (C=O) groups excluding carboxylic acids is 2. The quantitative estimate of drug-likeness (QED) is 0.754. The highest BCUT2D eigenvalue weighted by atomic mass is 16.5. The van der Waals surface area contributed by atoms with E-state index in [1.807, 2.05) is 0 Å². The van der Waals surface area contributed by atoms with Gasteiger partial charge in [-0.25, -0.2) is 9.59 Å². The minimum Gasteiger partial charge on any atom is -0.481 e. The molecule has 0 aliphatic carbocycles. The first-order valence-corrected chi connectivity index (χ1v) is 6.52. The van der Waals surface area contributed by atoms with Crippen LogP contribution in [0.1, 0.15) is 40.0 Å². The maximum absolute atomic E-state index is 11.1. The van der Waals surface area contributed by atoms with Crippen molar-refractivity contribution >= 4 is 23.9 Å². The van der Waals surface area contributed by atoms with Crippen LogP contribution in [0.2, 0.25) is 0 Å². The Morgan fingerprint density at radius 1 is 0.870 bits per heavy atom. The molecular formula is C15H18O8. The Kier molecular flexibility index (Phi) is 9.42. The molecule has 23 heavy (non-hydrogen) atoms. The Morgan fingerprint density at radius 2 is 1.26 bits per heavy atom. The van der Waals surface area contributed by atoms with Crippen molar-refractivity contribution in [2.75, 3.05) is 14.2 Å². The van der Waals surface area contributed by atoms with Gasteiger partial charge in [-0.15, -0.1) is 0 Å². The monoisotopic (exact) mass is 326 g/mol. The van der Waals surface area contributed by atoms with Crippen LogP contribution in [-0.2, 0) is 19.1 Å². The van der Waals surface area contributed by atoms with E-state index in [0.29, 0.717) is 11.1 Å². The highest BCUT2D eigenvalue weighted by Gasteiger charge is 2.09. The molecule has 8 heteroatoms. The molecule has 0 fully saturated rings. The molecule has 0 amide bonds. The third kappa shape index (κ3) is 8.86. The van der Waals surface area contributed by atoms with Gasteiger partial charge in [-0.1, -0.05) is 6.07 Å². The van der Waals surface area contributed by atoms with E-state index in [9.17, 15) is 19.2 Å². The third-order valence-corrected chi connectivity index (χ3v) is 2.49. The number of hydrogen-bond donors (Lipinski definition) is 2. The minimum absolute atomic E-state index is 0.0632. The summed E-state index contributed by atoms with van der Waals surface area (Å²) in [6.07, 6.45) is 0.0866. The predicted molar refractivity (Wildman–Crippen MR) is 78.2 cm³/mol. The molecule has 2 N–H and O–H groups in total. The van der Waals surface area contributed by atoms with Gasteiger partial charge in [0.1, 0.15) is 0 Å². The summed E-state index contributed by atoms with van der Waals surface area (Å²) in [6.45, 7) is 0. The van der Waals surface area contributed by atoms with Gasteiger partial charge >= 0.3 is 23.9 Å². The second kappa shape index (κ2) is 10.8. The van der Waals surface area contributed by atoms with E-state index in [1.165, 1.54) is 20.3 Å². The van der Waals surface area contributed by atoms with E-state index in [2.05, 4.69) is 9.47 Å². The van der Waals surface area contributed by atoms with Gasteiger partial charge in [0.2, 0.25) is 0 Å². The lowest BCUT2D eigenvalue weighted by atomic mass is 10.1. The standard InChI is InChI=1S/C10H10O4.C5H8O4/c1-13-9(11)7-4-3-5-8(6-7)10(12)14-2;6-4(7)2-1-3-5(8)9/h3-6H,1-2H3;1-3H2,(H,6,7)(H,8,9). The molecule has 0 atom stereocenters. The van der Waals surface area contributed by atoms with Gasteiger partial charge in [-0.2, -0.15) is 0 Å². The fourth-order valence-corrected chi connectivity index (χ4v) is 1.40. The Bertz CT molecular complexity index is 519. The van der Waals surface area contributed by atoms with Crippen LogP contribution in [0.5, 0.6) is 0 Å². The zero-order valence-electron chi connectivity index (χ0n) is 12.8. The van der Waals surface area contributed by atoms with Crippen LogP contribution >= 0.6 is 0 Å². The zero-order valence-corrected chi connectivity index (χ0v) is 12.8. The van der Waals surface area contributed by atoms with Gasteiger partial charge in [-0.05, 0) is 24.6 Å². The molecular weight excluding hydrogens is 308 g/mol. The number of carboxylic acid groups (broad SMARTS) is 2. The molecule has 0 saturated carbocycles. The van der Waals surface area contributed by atoms with Crippen LogP contribution in [-0.4, -0.2) is 48.3 Å². The van der Waals surface area contributed by atoms with Crippen molar-refractivity contribution in [3.05, 3.63) is 35.4 Å². The van der Waals surface area contributed by atoms with Crippen molar-refractivity contribution < 1.29 is 38.9 Å². The Morgan fingerprint density at radius 3 is 1.57 bits per heavy atom. The number of hydrogen-bond acceptors (Lipinski definition) is 6. The van der Waals surface area contributed by atoms with Crippen molar-refractivity contribution in [1.29, 1.82) is 0 Å². The van der Waals surface area contributed by atoms with E-state index in [0.717, 1.165) is 0 Å². The summed E-state index contributed by atoms with van der Waals surface area (Å²) < 4.78 is 9.03. The maximum atomic E-state index is 11.1. The largest absolute Gasteiger partial charge is 0.481 e. The average Bonchev–Trinajstić information content (AvgIpc) is 2.53. The Balaban J connectivity index is 0.000000468. The van der Waals surface area contributed by atoms with Gasteiger partial charge < -0.3 is 19.7 Å². The first-order chi connectivity index (χ1) is 10.8. The Hall–Kier alpha value is -2.90. The van der Waals surface area contributed by atoms with Crippen LogP contribution in [0.15, 0.2) is 24.3 Å². The van der Waals surface area contributed by atoms with Gasteiger partial charge in [0, 0.05) is 12.8 Å². The molecule has 0 heterocycles. The number of benzene rings is 1. The summed E-state index contributed by atoms with van der Waals surface area (Å²) in [4.78, 5) is 41.8. The first kappa shape index (κ1) is 20.1. The smallest absolute Gasteiger partial charge is 0.337 e. The molecule has 126 valence electrons. The predicted octanol–water partition coefficient (Wildman–Crippen LogP) is 1.59. The molecule has 0 spiro atoms. The summed E-state index contributed by atoms with van der Waals surface area (Å²) in [5.74, 6) is -2.85. The van der Waals surface area contributed by atoms with Crippen LogP contribution in [0, 0.1) is 0 Å². The summed E-state index contributed by atoms with van der Waals surface area (Å²) in [5, 5.41) is 16.1. The fourth-order valence-electron chi connectivity index (χ4n) is 1.40. The molecule has 1 aromatic rings. The zero-order chi connectivity index (χ0) is 17.8. The van der Waals surface area contributed by atoms with Crippen molar-refractivity contribution in [2.45, 2.75) is 19.3 Å². The van der Waals surface area contributed by atoms with E-state index in [1.54, 1.807) is 18.2 Å². The maximum Gasteiger partial charge on any atom is 0.337 e. The molecule has 0 bridgehead atoms. The van der Waals surface area contributed by atoms with Gasteiger partial charge in [0.15, 0.2) is 0 Å². The van der Waals surface area contributed by atoms with E-state index < -0.39 is 23.9 Å². The van der Waals surface area contributed by atoms with Crippen LogP contribution in [0.4, 0.5) is 0 Å². The molecule has 1 rings (SSSR count). The molecule has 8 nitrogen and oxygen atoms in total. The van der Waals surface area contributed by atoms with Crippen molar-refractivity contribution in [1.82, 2.24) is 0 Å². The SMILES string of the molecule is COC(=O)c1cccc(C(=O)OC)c1.O=C(O)CCCC(=O)O. The van der Waals surface area contributed by atoms with Gasteiger partial charge in [-0.3, -0.25) is 9.59 Å². The second-order valence-electron chi connectivity index (χ2n) is 4.20. The van der Waals surface area contributed by atoms with Gasteiger partial charge in [0.05, 0.1) is 25.3 Å². The Labute approximate surface area is 132 Å². The van der Waals surface area contributed by atoms with Crippen molar-refractivity contribution in [3.63, 3.8) is 0 Å². The summed E-state index contributed by atoms with van der Waals surface area (Å²) in [7, 11) is 2.57. The molecule has 0 unspecified atom stereocenters. The van der Waals surface area contributed by atoms with Gasteiger partial charge in [0.25, 0.3) is 0 Å². The van der Waals surface area contributed by atoms with Crippen LogP contribution in [0.25, 0.3) is 0 Å². The van der Waals surface area contributed by atoms with E-state index >= 15 is 0 Å². The lowest BCUT2D eigenvalue weighted by Gasteiger charge is -2.01. The number of ether oxygens (including phenoxy) is 2. The number of esters is 2. The number of aliphatic carboxylic acids is 2. The van der Waals surface area contributed by atoms with Crippen molar-refractivity contribution in [3.8, 4) is 0 Å². The number of carbonyl (C=O) groups is 4. The number of rotatable bonds is 6.